The summed E-state index contributed by atoms with van der Waals surface area (Å²) in [5, 5.41) is 5.46. The molecule has 2 amide bonds. The molecular weight excluding hydrogens is 424 g/mol. The van der Waals surface area contributed by atoms with E-state index in [2.05, 4.69) is 28.5 Å². The van der Waals surface area contributed by atoms with Gasteiger partial charge in [0.2, 0.25) is 0 Å². The molecule has 4 nitrogen and oxygen atoms in total. The lowest BCUT2D eigenvalue weighted by atomic mass is 9.86. The van der Waals surface area contributed by atoms with E-state index in [1.54, 1.807) is 30.3 Å². The minimum atomic E-state index is -4.30. The number of aryl methyl sites for hydroxylation is 1. The van der Waals surface area contributed by atoms with Crippen LogP contribution in [0.3, 0.4) is 0 Å². The molecule has 0 aromatic heterocycles. The van der Waals surface area contributed by atoms with Gasteiger partial charge in [0.1, 0.15) is 17.1 Å². The second-order valence-corrected chi connectivity index (χ2v) is 7.65. The second kappa shape index (κ2) is 9.06. The molecule has 0 saturated carbocycles. The van der Waals surface area contributed by atoms with E-state index in [1.807, 2.05) is 6.92 Å². The van der Waals surface area contributed by atoms with E-state index >= 15 is 0 Å². The third-order valence-corrected chi connectivity index (χ3v) is 5.53. The first-order valence-electron chi connectivity index (χ1n) is 10.1. The molecule has 0 radical (unpaired) electrons. The summed E-state index contributed by atoms with van der Waals surface area (Å²) in [5.41, 5.74) is 3.84. The summed E-state index contributed by atoms with van der Waals surface area (Å²) in [7, 11) is 0. The summed E-state index contributed by atoms with van der Waals surface area (Å²) in [5.74, 6) is -0.0444. The first-order chi connectivity index (χ1) is 15.0. The van der Waals surface area contributed by atoms with Gasteiger partial charge in [-0.15, -0.1) is 0 Å². The lowest BCUT2D eigenvalue weighted by Crippen LogP contribution is -2.38. The van der Waals surface area contributed by atoms with Crippen molar-refractivity contribution in [2.24, 2.45) is 0 Å². The Morgan fingerprint density at radius 1 is 1.09 bits per heavy atom. The number of fused-ring (bicyclic) bond motifs is 1. The highest BCUT2D eigenvalue weighted by atomic mass is 19.4. The zero-order valence-electron chi connectivity index (χ0n) is 17.6. The Morgan fingerprint density at radius 2 is 1.78 bits per heavy atom. The lowest BCUT2D eigenvalue weighted by Gasteiger charge is -2.28. The Balaban J connectivity index is 0.000000181. The molecule has 1 atom stereocenters. The molecule has 0 bridgehead atoms. The smallest absolute Gasteiger partial charge is 0.422 e. The summed E-state index contributed by atoms with van der Waals surface area (Å²) >= 11 is 0. The maximum Gasteiger partial charge on any atom is 0.422 e. The summed E-state index contributed by atoms with van der Waals surface area (Å²) < 4.78 is 53.4. The van der Waals surface area contributed by atoms with Crippen molar-refractivity contribution in [2.45, 2.75) is 37.9 Å². The lowest BCUT2D eigenvalue weighted by molar-refractivity contribution is -0.153. The van der Waals surface area contributed by atoms with Gasteiger partial charge in [0.05, 0.1) is 0 Å². The number of nitrogens with one attached hydrogen (secondary N) is 2. The zero-order chi connectivity index (χ0) is 23.5. The monoisotopic (exact) mass is 448 g/mol. The Bertz CT molecular complexity index is 1030. The minimum absolute atomic E-state index is 0.249. The van der Waals surface area contributed by atoms with Crippen molar-refractivity contribution >= 4 is 11.6 Å². The summed E-state index contributed by atoms with van der Waals surface area (Å²) in [6.07, 6.45) is -1.85. The molecular formula is C24H24F4N2O2. The van der Waals surface area contributed by atoms with E-state index in [9.17, 15) is 22.4 Å². The first kappa shape index (κ1) is 23.4. The van der Waals surface area contributed by atoms with Gasteiger partial charge in [-0.3, -0.25) is 0 Å². The second-order valence-electron chi connectivity index (χ2n) is 7.65. The molecule has 1 unspecified atom stereocenters. The van der Waals surface area contributed by atoms with Crippen molar-refractivity contribution in [1.82, 2.24) is 10.6 Å². The highest BCUT2D eigenvalue weighted by Crippen LogP contribution is 2.34. The van der Waals surface area contributed by atoms with E-state index < -0.39 is 18.3 Å². The number of carbonyl (C=O) groups is 1. The van der Waals surface area contributed by atoms with Gasteiger partial charge in [-0.25, -0.2) is 9.18 Å². The highest BCUT2D eigenvalue weighted by molar-refractivity contribution is 5.82. The van der Waals surface area contributed by atoms with Crippen LogP contribution in [-0.2, 0) is 12.0 Å². The maximum atomic E-state index is 12.9. The van der Waals surface area contributed by atoms with Crippen LogP contribution in [0, 0.1) is 5.82 Å². The number of urea groups is 1. The van der Waals surface area contributed by atoms with Gasteiger partial charge in [0, 0.05) is 5.70 Å². The molecule has 2 aliphatic rings. The van der Waals surface area contributed by atoms with Gasteiger partial charge in [-0.05, 0) is 65.8 Å². The van der Waals surface area contributed by atoms with Crippen molar-refractivity contribution in [1.29, 1.82) is 0 Å². The van der Waals surface area contributed by atoms with Gasteiger partial charge >= 0.3 is 12.2 Å². The number of rotatable bonds is 4. The average molecular weight is 448 g/mol. The normalized spacial score (nSPS) is 19.6. The largest absolute Gasteiger partial charge is 0.484 e. The number of ether oxygens (including phenoxy) is 1. The number of hydrogen-bond donors (Lipinski definition) is 2. The number of halogens is 4. The number of benzene rings is 2. The van der Waals surface area contributed by atoms with Crippen LogP contribution in [0.4, 0.5) is 22.4 Å². The predicted molar refractivity (Wildman–Crippen MR) is 115 cm³/mol. The Hall–Kier alpha value is -3.29. The number of alkyl halides is 3. The third kappa shape index (κ3) is 5.12. The standard InChI is InChI=1S/C12H11F3O.C12H13FN2O/c1-8-2-3-9-4-5-10(6-11(8)9)16-7-12(13,14)15;1-3-12(8(2)14-11(16)15-12)9-4-6-10(13)7-5-9/h4-6H,1-3,7H2;4-7H,2-3H2,1H3,(H2,14,15,16). The van der Waals surface area contributed by atoms with Gasteiger partial charge in [0.25, 0.3) is 0 Å². The molecule has 1 heterocycles. The molecule has 4 rings (SSSR count). The van der Waals surface area contributed by atoms with Crippen LogP contribution < -0.4 is 15.4 Å². The van der Waals surface area contributed by atoms with Gasteiger partial charge in [-0.1, -0.05) is 38.3 Å². The molecule has 0 spiro atoms. The molecule has 170 valence electrons. The Kier molecular flexibility index (Phi) is 6.62. The predicted octanol–water partition coefficient (Wildman–Crippen LogP) is 5.84. The number of allylic oxidation sites excluding steroid dienone is 1. The van der Waals surface area contributed by atoms with Gasteiger partial charge in [-0.2, -0.15) is 13.2 Å². The van der Waals surface area contributed by atoms with Crippen LogP contribution in [0.5, 0.6) is 5.75 Å². The fourth-order valence-electron chi connectivity index (χ4n) is 3.81. The minimum Gasteiger partial charge on any atom is -0.484 e. The van der Waals surface area contributed by atoms with Crippen molar-refractivity contribution in [3.05, 3.63) is 83.8 Å². The summed E-state index contributed by atoms with van der Waals surface area (Å²) in [6.45, 7) is 8.40. The van der Waals surface area contributed by atoms with Gasteiger partial charge < -0.3 is 15.4 Å². The molecule has 1 aliphatic carbocycles. The molecule has 32 heavy (non-hydrogen) atoms. The van der Waals surface area contributed by atoms with Gasteiger partial charge in [0.15, 0.2) is 6.61 Å². The molecule has 2 aromatic carbocycles. The number of carbonyl (C=O) groups excluding carboxylic acids is 1. The molecule has 1 saturated heterocycles. The van der Waals surface area contributed by atoms with Crippen LogP contribution in [0.25, 0.3) is 5.57 Å². The first-order valence-corrected chi connectivity index (χ1v) is 10.1. The molecule has 1 fully saturated rings. The van der Waals surface area contributed by atoms with E-state index in [-0.39, 0.29) is 17.6 Å². The van der Waals surface area contributed by atoms with E-state index in [1.165, 1.54) is 12.1 Å². The highest BCUT2D eigenvalue weighted by Gasteiger charge is 2.41. The van der Waals surface area contributed by atoms with Crippen LogP contribution in [0.15, 0.2) is 61.3 Å². The Labute approximate surface area is 184 Å². The molecule has 8 heteroatoms. The average Bonchev–Trinajstić information content (AvgIpc) is 3.26. The summed E-state index contributed by atoms with van der Waals surface area (Å²) in [6, 6.07) is 10.8. The summed E-state index contributed by atoms with van der Waals surface area (Å²) in [4.78, 5) is 11.3. The van der Waals surface area contributed by atoms with Crippen molar-refractivity contribution in [3.63, 3.8) is 0 Å². The maximum absolute atomic E-state index is 12.9. The fourth-order valence-corrected chi connectivity index (χ4v) is 3.81. The van der Waals surface area contributed by atoms with Crippen molar-refractivity contribution < 1.29 is 27.1 Å². The van der Waals surface area contributed by atoms with Crippen LogP contribution >= 0.6 is 0 Å². The molecule has 1 aliphatic heterocycles. The Morgan fingerprint density at radius 3 is 2.34 bits per heavy atom. The fraction of sp³-hybridized carbons (Fsp3) is 0.292. The number of hydrogen-bond acceptors (Lipinski definition) is 2. The topological polar surface area (TPSA) is 50.4 Å². The molecule has 2 N–H and O–H groups in total. The van der Waals surface area contributed by atoms with E-state index in [0.717, 1.165) is 35.1 Å². The quantitative estimate of drug-likeness (QED) is 0.577. The van der Waals surface area contributed by atoms with Crippen LogP contribution in [0.1, 0.15) is 36.5 Å². The van der Waals surface area contributed by atoms with Crippen molar-refractivity contribution in [2.75, 3.05) is 6.61 Å². The van der Waals surface area contributed by atoms with Crippen molar-refractivity contribution in [3.8, 4) is 5.75 Å². The number of amides is 2. The zero-order valence-corrected chi connectivity index (χ0v) is 17.6. The van der Waals surface area contributed by atoms with E-state index in [0.29, 0.717) is 12.1 Å². The molecule has 2 aromatic rings. The van der Waals surface area contributed by atoms with E-state index in [4.69, 9.17) is 0 Å². The van der Waals surface area contributed by atoms with Crippen LogP contribution in [-0.4, -0.2) is 18.8 Å². The SMILES string of the molecule is C=C1CCc2ccc(OCC(F)(F)F)cc21.C=C1NC(=O)NC1(CC)c1ccc(F)cc1. The van der Waals surface area contributed by atoms with Crippen LogP contribution in [0.2, 0.25) is 0 Å². The third-order valence-electron chi connectivity index (χ3n) is 5.53.